The third-order valence-electron chi connectivity index (χ3n) is 5.37. The molecule has 3 heterocycles. The predicted octanol–water partition coefficient (Wildman–Crippen LogP) is 2.98. The molecule has 1 aliphatic heterocycles. The van der Waals surface area contributed by atoms with E-state index in [0.29, 0.717) is 23.9 Å². The van der Waals surface area contributed by atoms with Crippen molar-refractivity contribution in [2.24, 2.45) is 5.92 Å². The highest BCUT2D eigenvalue weighted by Crippen LogP contribution is 2.26. The summed E-state index contributed by atoms with van der Waals surface area (Å²) in [5.41, 5.74) is 2.37. The molecule has 0 radical (unpaired) electrons. The van der Waals surface area contributed by atoms with Crippen molar-refractivity contribution in [3.8, 4) is 0 Å². The summed E-state index contributed by atoms with van der Waals surface area (Å²) in [6, 6.07) is 12.3. The Morgan fingerprint density at radius 3 is 2.62 bits per heavy atom. The summed E-state index contributed by atoms with van der Waals surface area (Å²) >= 11 is 0. The molecule has 4 rings (SSSR count). The Morgan fingerprint density at radius 1 is 1.10 bits per heavy atom. The van der Waals surface area contributed by atoms with Crippen LogP contribution in [-0.2, 0) is 11.3 Å². The molecule has 1 aromatic carbocycles. The molecule has 1 aliphatic rings. The summed E-state index contributed by atoms with van der Waals surface area (Å²) in [7, 11) is 0. The minimum Gasteiger partial charge on any atom is -0.344 e. The van der Waals surface area contributed by atoms with Crippen molar-refractivity contribution >= 4 is 17.5 Å². The lowest BCUT2D eigenvalue weighted by atomic mass is 10.0. The zero-order chi connectivity index (χ0) is 20.5. The standard InChI is InChI=1S/C22H25N5O2/c1-14(2)12-18(20-25-24-19-10-6-7-11-26(19)20)23-21(28)15(3)27-13-16-8-4-5-9-17(16)22(27)29/h4-11,14-15,18H,12-13H2,1-3H3,(H,23,28)/t15-,18-/m1/s1. The number of hydrogen-bond acceptors (Lipinski definition) is 4. The van der Waals surface area contributed by atoms with E-state index in [-0.39, 0.29) is 17.9 Å². The van der Waals surface area contributed by atoms with Gasteiger partial charge in [-0.1, -0.05) is 38.1 Å². The van der Waals surface area contributed by atoms with Gasteiger partial charge in [0.2, 0.25) is 5.91 Å². The van der Waals surface area contributed by atoms with Gasteiger partial charge in [-0.2, -0.15) is 0 Å². The molecule has 0 saturated heterocycles. The predicted molar refractivity (Wildman–Crippen MR) is 109 cm³/mol. The van der Waals surface area contributed by atoms with Crippen LogP contribution in [0.5, 0.6) is 0 Å². The number of fused-ring (bicyclic) bond motifs is 2. The Bertz CT molecular complexity index is 1060. The van der Waals surface area contributed by atoms with Gasteiger partial charge < -0.3 is 10.2 Å². The number of pyridine rings is 1. The molecule has 2 aromatic heterocycles. The van der Waals surface area contributed by atoms with Gasteiger partial charge in [0, 0.05) is 18.3 Å². The second kappa shape index (κ2) is 7.66. The Kier molecular flexibility index (Phi) is 5.05. The van der Waals surface area contributed by atoms with Gasteiger partial charge in [-0.05, 0) is 43.0 Å². The van der Waals surface area contributed by atoms with Crippen LogP contribution in [0.4, 0.5) is 0 Å². The molecule has 29 heavy (non-hydrogen) atoms. The van der Waals surface area contributed by atoms with Crippen LogP contribution in [-0.4, -0.2) is 37.4 Å². The van der Waals surface area contributed by atoms with Gasteiger partial charge in [-0.15, -0.1) is 10.2 Å². The second-order valence-corrected chi connectivity index (χ2v) is 7.94. The van der Waals surface area contributed by atoms with E-state index in [1.54, 1.807) is 11.8 Å². The van der Waals surface area contributed by atoms with Crippen molar-refractivity contribution < 1.29 is 9.59 Å². The van der Waals surface area contributed by atoms with Crippen LogP contribution in [0.2, 0.25) is 0 Å². The fourth-order valence-electron chi connectivity index (χ4n) is 3.82. The number of benzene rings is 1. The highest BCUT2D eigenvalue weighted by atomic mass is 16.2. The summed E-state index contributed by atoms with van der Waals surface area (Å²) in [6.07, 6.45) is 2.62. The number of carbonyl (C=O) groups excluding carboxylic acids is 2. The van der Waals surface area contributed by atoms with Crippen molar-refractivity contribution in [1.82, 2.24) is 24.8 Å². The molecular weight excluding hydrogens is 366 g/mol. The Labute approximate surface area is 169 Å². The Balaban J connectivity index is 1.55. The van der Waals surface area contributed by atoms with E-state index in [1.807, 2.05) is 53.1 Å². The maximum atomic E-state index is 13.1. The average Bonchev–Trinajstić information content (AvgIpc) is 3.28. The highest BCUT2D eigenvalue weighted by Gasteiger charge is 2.34. The molecule has 0 fully saturated rings. The molecule has 0 saturated carbocycles. The average molecular weight is 391 g/mol. The van der Waals surface area contributed by atoms with Crippen LogP contribution in [0, 0.1) is 5.92 Å². The molecule has 1 N–H and O–H groups in total. The minimum absolute atomic E-state index is 0.100. The number of aromatic nitrogens is 3. The van der Waals surface area contributed by atoms with Gasteiger partial charge in [-0.25, -0.2) is 0 Å². The first-order valence-electron chi connectivity index (χ1n) is 9.94. The molecule has 7 nitrogen and oxygen atoms in total. The lowest BCUT2D eigenvalue weighted by molar-refractivity contribution is -0.126. The molecule has 0 spiro atoms. The summed E-state index contributed by atoms with van der Waals surface area (Å²) in [6.45, 7) is 6.43. The molecule has 3 aromatic rings. The number of rotatable bonds is 6. The van der Waals surface area contributed by atoms with Gasteiger partial charge >= 0.3 is 0 Å². The van der Waals surface area contributed by atoms with Crippen LogP contribution in [0.1, 0.15) is 55.0 Å². The van der Waals surface area contributed by atoms with Crippen LogP contribution in [0.15, 0.2) is 48.7 Å². The molecule has 0 bridgehead atoms. The summed E-state index contributed by atoms with van der Waals surface area (Å²) < 4.78 is 1.90. The third-order valence-corrected chi connectivity index (χ3v) is 5.37. The maximum absolute atomic E-state index is 13.1. The lowest BCUT2D eigenvalue weighted by Gasteiger charge is -2.26. The number of amides is 2. The first-order chi connectivity index (χ1) is 14.0. The van der Waals surface area contributed by atoms with Crippen LogP contribution < -0.4 is 5.32 Å². The third kappa shape index (κ3) is 3.60. The zero-order valence-corrected chi connectivity index (χ0v) is 16.9. The van der Waals surface area contributed by atoms with E-state index in [1.165, 1.54) is 0 Å². The van der Waals surface area contributed by atoms with E-state index in [9.17, 15) is 9.59 Å². The fraction of sp³-hybridized carbons (Fsp3) is 0.364. The summed E-state index contributed by atoms with van der Waals surface area (Å²) in [4.78, 5) is 27.4. The summed E-state index contributed by atoms with van der Waals surface area (Å²) in [5.74, 6) is 0.760. The topological polar surface area (TPSA) is 79.6 Å². The first-order valence-corrected chi connectivity index (χ1v) is 9.94. The number of nitrogens with zero attached hydrogens (tertiary/aromatic N) is 4. The molecule has 150 valence electrons. The van der Waals surface area contributed by atoms with E-state index >= 15 is 0 Å². The van der Waals surface area contributed by atoms with E-state index < -0.39 is 6.04 Å². The van der Waals surface area contributed by atoms with Crippen molar-refractivity contribution in [3.63, 3.8) is 0 Å². The molecule has 0 aliphatic carbocycles. The largest absolute Gasteiger partial charge is 0.344 e. The number of nitrogens with one attached hydrogen (secondary N) is 1. The maximum Gasteiger partial charge on any atom is 0.255 e. The monoisotopic (exact) mass is 391 g/mol. The molecule has 0 unspecified atom stereocenters. The van der Waals surface area contributed by atoms with Crippen molar-refractivity contribution in [2.45, 2.75) is 45.8 Å². The van der Waals surface area contributed by atoms with Gasteiger partial charge in [0.15, 0.2) is 11.5 Å². The van der Waals surface area contributed by atoms with Crippen molar-refractivity contribution in [1.29, 1.82) is 0 Å². The van der Waals surface area contributed by atoms with Crippen molar-refractivity contribution in [3.05, 3.63) is 65.6 Å². The van der Waals surface area contributed by atoms with Crippen LogP contribution >= 0.6 is 0 Å². The van der Waals surface area contributed by atoms with Gasteiger partial charge in [-0.3, -0.25) is 14.0 Å². The van der Waals surface area contributed by atoms with Gasteiger partial charge in [0.25, 0.3) is 5.91 Å². The molecule has 2 atom stereocenters. The SMILES string of the molecule is CC(C)C[C@@H](NC(=O)[C@@H](C)N1Cc2ccccc2C1=O)c1nnc2ccccn12. The highest BCUT2D eigenvalue weighted by molar-refractivity contribution is 6.01. The lowest BCUT2D eigenvalue weighted by Crippen LogP contribution is -2.46. The molecule has 2 amide bonds. The Hall–Kier alpha value is -3.22. The first kappa shape index (κ1) is 19.1. The van der Waals surface area contributed by atoms with Gasteiger partial charge in [0.05, 0.1) is 6.04 Å². The number of hydrogen-bond donors (Lipinski definition) is 1. The normalized spacial score (nSPS) is 15.6. The van der Waals surface area contributed by atoms with E-state index in [2.05, 4.69) is 29.4 Å². The van der Waals surface area contributed by atoms with Crippen molar-refractivity contribution in [2.75, 3.05) is 0 Å². The summed E-state index contributed by atoms with van der Waals surface area (Å²) in [5, 5.41) is 11.6. The van der Waals surface area contributed by atoms with Crippen LogP contribution in [0.25, 0.3) is 5.65 Å². The Morgan fingerprint density at radius 2 is 1.86 bits per heavy atom. The van der Waals surface area contributed by atoms with E-state index in [4.69, 9.17) is 0 Å². The quantitative estimate of drug-likeness (QED) is 0.701. The zero-order valence-electron chi connectivity index (χ0n) is 16.9. The molecular formula is C22H25N5O2. The van der Waals surface area contributed by atoms with Crippen LogP contribution in [0.3, 0.4) is 0 Å². The molecule has 7 heteroatoms. The second-order valence-electron chi connectivity index (χ2n) is 7.94. The fourth-order valence-corrected chi connectivity index (χ4v) is 3.82. The number of carbonyl (C=O) groups is 2. The minimum atomic E-state index is -0.580. The van der Waals surface area contributed by atoms with E-state index in [0.717, 1.165) is 17.6 Å². The smallest absolute Gasteiger partial charge is 0.255 e. The van der Waals surface area contributed by atoms with Gasteiger partial charge in [0.1, 0.15) is 6.04 Å².